The fourth-order valence-corrected chi connectivity index (χ4v) is 1.59. The van der Waals surface area contributed by atoms with Crippen LogP contribution in [-0.4, -0.2) is 61.7 Å². The predicted molar refractivity (Wildman–Crippen MR) is 65.7 cm³/mol. The van der Waals surface area contributed by atoms with Crippen LogP contribution in [0.5, 0.6) is 0 Å². The zero-order chi connectivity index (χ0) is 12.6. The molecule has 98 valence electrons. The second kappa shape index (κ2) is 8.93. The van der Waals surface area contributed by atoms with Gasteiger partial charge in [-0.2, -0.15) is 0 Å². The first-order valence-electron chi connectivity index (χ1n) is 6.03. The van der Waals surface area contributed by atoms with Crippen molar-refractivity contribution in [2.45, 2.75) is 45.9 Å². The molecule has 0 saturated heterocycles. The SMILES string of the molecule is CCN(CC(O)COC(C)COC)C(C)C. The molecular weight excluding hydrogens is 206 g/mol. The van der Waals surface area contributed by atoms with Crippen LogP contribution in [0.4, 0.5) is 0 Å². The molecule has 1 N–H and O–H groups in total. The Morgan fingerprint density at radius 2 is 1.81 bits per heavy atom. The van der Waals surface area contributed by atoms with Crippen molar-refractivity contribution in [2.75, 3.05) is 33.4 Å². The summed E-state index contributed by atoms with van der Waals surface area (Å²) < 4.78 is 10.4. The molecule has 0 aliphatic rings. The monoisotopic (exact) mass is 233 g/mol. The fourth-order valence-electron chi connectivity index (χ4n) is 1.59. The van der Waals surface area contributed by atoms with Gasteiger partial charge in [-0.05, 0) is 27.3 Å². The van der Waals surface area contributed by atoms with Crippen LogP contribution in [0, 0.1) is 0 Å². The molecule has 0 aliphatic heterocycles. The van der Waals surface area contributed by atoms with E-state index in [1.165, 1.54) is 0 Å². The van der Waals surface area contributed by atoms with E-state index in [4.69, 9.17) is 9.47 Å². The number of rotatable bonds is 9. The first-order chi connectivity index (χ1) is 7.51. The van der Waals surface area contributed by atoms with Crippen LogP contribution in [0.3, 0.4) is 0 Å². The van der Waals surface area contributed by atoms with Gasteiger partial charge in [-0.1, -0.05) is 6.92 Å². The van der Waals surface area contributed by atoms with Crippen molar-refractivity contribution >= 4 is 0 Å². The summed E-state index contributed by atoms with van der Waals surface area (Å²) in [6.45, 7) is 10.8. The normalized spacial score (nSPS) is 15.8. The van der Waals surface area contributed by atoms with Gasteiger partial charge in [-0.25, -0.2) is 0 Å². The van der Waals surface area contributed by atoms with Crippen LogP contribution in [0.25, 0.3) is 0 Å². The van der Waals surface area contributed by atoms with Gasteiger partial charge in [0.15, 0.2) is 0 Å². The first kappa shape index (κ1) is 15.8. The lowest BCUT2D eigenvalue weighted by atomic mass is 10.2. The Morgan fingerprint density at radius 1 is 1.19 bits per heavy atom. The third-order valence-corrected chi connectivity index (χ3v) is 2.56. The Hall–Kier alpha value is -0.160. The highest BCUT2D eigenvalue weighted by Crippen LogP contribution is 2.01. The van der Waals surface area contributed by atoms with Gasteiger partial charge in [0.05, 0.1) is 25.4 Å². The molecule has 0 aromatic heterocycles. The van der Waals surface area contributed by atoms with Crippen molar-refractivity contribution in [1.29, 1.82) is 0 Å². The third kappa shape index (κ3) is 7.17. The van der Waals surface area contributed by atoms with Gasteiger partial charge in [0.25, 0.3) is 0 Å². The van der Waals surface area contributed by atoms with E-state index in [-0.39, 0.29) is 6.10 Å². The molecule has 0 heterocycles. The summed E-state index contributed by atoms with van der Waals surface area (Å²) in [7, 11) is 1.65. The lowest BCUT2D eigenvalue weighted by Crippen LogP contribution is -2.39. The van der Waals surface area contributed by atoms with Gasteiger partial charge in [0.1, 0.15) is 0 Å². The Morgan fingerprint density at radius 3 is 2.25 bits per heavy atom. The van der Waals surface area contributed by atoms with E-state index in [1.54, 1.807) is 7.11 Å². The molecule has 4 nitrogen and oxygen atoms in total. The van der Waals surface area contributed by atoms with Gasteiger partial charge in [-0.3, -0.25) is 4.90 Å². The lowest BCUT2D eigenvalue weighted by Gasteiger charge is -2.27. The summed E-state index contributed by atoms with van der Waals surface area (Å²) in [5.41, 5.74) is 0. The molecule has 4 heteroatoms. The molecule has 0 bridgehead atoms. The van der Waals surface area contributed by atoms with Crippen LogP contribution in [0.1, 0.15) is 27.7 Å². The second-order valence-corrected chi connectivity index (χ2v) is 4.43. The molecule has 0 aromatic rings. The van der Waals surface area contributed by atoms with Crippen molar-refractivity contribution in [3.63, 3.8) is 0 Å². The van der Waals surface area contributed by atoms with E-state index in [1.807, 2.05) is 6.92 Å². The molecule has 2 atom stereocenters. The Bertz CT molecular complexity index is 164. The van der Waals surface area contributed by atoms with Crippen LogP contribution in [-0.2, 0) is 9.47 Å². The molecule has 2 unspecified atom stereocenters. The van der Waals surface area contributed by atoms with Crippen LogP contribution in [0.15, 0.2) is 0 Å². The molecule has 0 amide bonds. The lowest BCUT2D eigenvalue weighted by molar-refractivity contribution is -0.0414. The predicted octanol–water partition coefficient (Wildman–Crippen LogP) is 1.13. The van der Waals surface area contributed by atoms with Gasteiger partial charge in [-0.15, -0.1) is 0 Å². The van der Waals surface area contributed by atoms with E-state index in [0.29, 0.717) is 25.8 Å². The average molecular weight is 233 g/mol. The third-order valence-electron chi connectivity index (χ3n) is 2.56. The number of hydrogen-bond acceptors (Lipinski definition) is 4. The number of likely N-dealkylation sites (N-methyl/N-ethyl adjacent to an activating group) is 1. The number of nitrogens with zero attached hydrogens (tertiary/aromatic N) is 1. The molecule has 16 heavy (non-hydrogen) atoms. The maximum atomic E-state index is 9.81. The zero-order valence-corrected chi connectivity index (χ0v) is 11.3. The van der Waals surface area contributed by atoms with E-state index in [0.717, 1.165) is 6.54 Å². The summed E-state index contributed by atoms with van der Waals surface area (Å²) in [4.78, 5) is 2.22. The van der Waals surface area contributed by atoms with E-state index >= 15 is 0 Å². The summed E-state index contributed by atoms with van der Waals surface area (Å²) in [6, 6.07) is 0.455. The van der Waals surface area contributed by atoms with E-state index in [9.17, 15) is 5.11 Å². The standard InChI is InChI=1S/C12H27NO3/c1-6-13(10(2)3)7-12(14)9-16-11(4)8-15-5/h10-12,14H,6-9H2,1-5H3. The second-order valence-electron chi connectivity index (χ2n) is 4.43. The van der Waals surface area contributed by atoms with Gasteiger partial charge in [0, 0.05) is 19.7 Å². The van der Waals surface area contributed by atoms with Gasteiger partial charge < -0.3 is 14.6 Å². The summed E-state index contributed by atoms with van der Waals surface area (Å²) in [5, 5.41) is 9.81. The summed E-state index contributed by atoms with van der Waals surface area (Å²) >= 11 is 0. The highest BCUT2D eigenvalue weighted by molar-refractivity contribution is 4.66. The molecule has 0 radical (unpaired) electrons. The highest BCUT2D eigenvalue weighted by Gasteiger charge is 2.14. The van der Waals surface area contributed by atoms with Crippen molar-refractivity contribution < 1.29 is 14.6 Å². The van der Waals surface area contributed by atoms with Crippen LogP contribution in [0.2, 0.25) is 0 Å². The highest BCUT2D eigenvalue weighted by atomic mass is 16.5. The van der Waals surface area contributed by atoms with Gasteiger partial charge in [0.2, 0.25) is 0 Å². The molecule has 0 rings (SSSR count). The topological polar surface area (TPSA) is 41.9 Å². The van der Waals surface area contributed by atoms with Crippen molar-refractivity contribution in [3.05, 3.63) is 0 Å². The largest absolute Gasteiger partial charge is 0.389 e. The zero-order valence-electron chi connectivity index (χ0n) is 11.3. The van der Waals surface area contributed by atoms with Crippen molar-refractivity contribution in [1.82, 2.24) is 4.90 Å². The fraction of sp³-hybridized carbons (Fsp3) is 1.00. The minimum Gasteiger partial charge on any atom is -0.389 e. The number of methoxy groups -OCH3 is 1. The molecule has 0 spiro atoms. The Kier molecular flexibility index (Phi) is 8.84. The van der Waals surface area contributed by atoms with Crippen molar-refractivity contribution in [2.24, 2.45) is 0 Å². The maximum absolute atomic E-state index is 9.81. The quantitative estimate of drug-likeness (QED) is 0.648. The number of aliphatic hydroxyl groups excluding tert-OH is 1. The number of aliphatic hydroxyl groups is 1. The molecule has 0 saturated carbocycles. The van der Waals surface area contributed by atoms with Gasteiger partial charge >= 0.3 is 0 Å². The number of ether oxygens (including phenoxy) is 2. The average Bonchev–Trinajstić information content (AvgIpc) is 2.23. The molecule has 0 fully saturated rings. The Balaban J connectivity index is 3.75. The van der Waals surface area contributed by atoms with E-state index in [2.05, 4.69) is 25.7 Å². The summed E-state index contributed by atoms with van der Waals surface area (Å²) in [6.07, 6.45) is -0.393. The summed E-state index contributed by atoms with van der Waals surface area (Å²) in [5.74, 6) is 0. The molecule has 0 aliphatic carbocycles. The smallest absolute Gasteiger partial charge is 0.0900 e. The minimum atomic E-state index is -0.429. The van der Waals surface area contributed by atoms with Crippen LogP contribution >= 0.6 is 0 Å². The molecule has 0 aromatic carbocycles. The van der Waals surface area contributed by atoms with E-state index < -0.39 is 6.10 Å². The Labute approximate surface area is 99.5 Å². The molecular formula is C12H27NO3. The van der Waals surface area contributed by atoms with Crippen LogP contribution < -0.4 is 0 Å². The maximum Gasteiger partial charge on any atom is 0.0900 e. The first-order valence-corrected chi connectivity index (χ1v) is 6.03. The minimum absolute atomic E-state index is 0.0359. The number of hydrogen-bond donors (Lipinski definition) is 1. The van der Waals surface area contributed by atoms with Crippen molar-refractivity contribution in [3.8, 4) is 0 Å².